The fourth-order valence-electron chi connectivity index (χ4n) is 4.11. The van der Waals surface area contributed by atoms with E-state index in [0.29, 0.717) is 0 Å². The molecule has 1 atom stereocenters. The second-order valence-electron chi connectivity index (χ2n) is 10.5. The van der Waals surface area contributed by atoms with E-state index in [2.05, 4.69) is 5.32 Å². The number of hydrogen-bond acceptors (Lipinski definition) is 6. The first-order valence-electron chi connectivity index (χ1n) is 13.0. The van der Waals surface area contributed by atoms with E-state index in [9.17, 15) is 26.8 Å². The molecule has 0 aliphatic carbocycles. The van der Waals surface area contributed by atoms with Crippen molar-refractivity contribution in [3.8, 4) is 11.5 Å². The Morgan fingerprint density at radius 2 is 1.55 bits per heavy atom. The Labute approximate surface area is 245 Å². The summed E-state index contributed by atoms with van der Waals surface area (Å²) < 4.78 is 67.7. The Hall–Kier alpha value is -4.19. The van der Waals surface area contributed by atoms with Crippen LogP contribution in [0.3, 0.4) is 0 Å². The van der Waals surface area contributed by atoms with Crippen LogP contribution in [0.2, 0.25) is 0 Å². The lowest BCUT2D eigenvalue weighted by Crippen LogP contribution is -2.54. The number of sulfonamides is 1. The number of hydrogen-bond donors (Lipinski definition) is 1. The van der Waals surface area contributed by atoms with Gasteiger partial charge in [-0.15, -0.1) is 0 Å². The molecule has 226 valence electrons. The first-order chi connectivity index (χ1) is 19.7. The highest BCUT2D eigenvalue weighted by molar-refractivity contribution is 7.92. The van der Waals surface area contributed by atoms with Gasteiger partial charge in [-0.25, -0.2) is 17.2 Å². The highest BCUT2D eigenvalue weighted by Gasteiger charge is 2.34. The van der Waals surface area contributed by atoms with Gasteiger partial charge in [0.1, 0.15) is 24.2 Å². The normalized spacial score (nSPS) is 12.3. The smallest absolute Gasteiger partial charge is 0.264 e. The number of benzene rings is 3. The number of amides is 2. The standard InChI is InChI=1S/C30H35F2N3O6S/c1-20(29(37)33-30(2,3)4)34(18-21-9-7-8-10-25(21)32)28(36)19-35(23-13-11-22(31)12-14-23)42(38,39)24-15-16-26(40-5)27(17-24)41-6/h7-17,20H,18-19H2,1-6H3,(H,33,37)/t20-/m0/s1. The molecule has 0 unspecified atom stereocenters. The van der Waals surface area contributed by atoms with Crippen LogP contribution in [0.1, 0.15) is 33.3 Å². The minimum absolute atomic E-state index is 0.00262. The number of nitrogens with zero attached hydrogens (tertiary/aromatic N) is 2. The van der Waals surface area contributed by atoms with Crippen LogP contribution in [-0.2, 0) is 26.2 Å². The summed E-state index contributed by atoms with van der Waals surface area (Å²) in [5, 5.41) is 2.80. The van der Waals surface area contributed by atoms with E-state index in [4.69, 9.17) is 9.47 Å². The van der Waals surface area contributed by atoms with E-state index >= 15 is 0 Å². The van der Waals surface area contributed by atoms with Gasteiger partial charge in [-0.1, -0.05) is 18.2 Å². The molecular weight excluding hydrogens is 568 g/mol. The van der Waals surface area contributed by atoms with Crippen molar-refractivity contribution < 1.29 is 36.3 Å². The van der Waals surface area contributed by atoms with Crippen molar-refractivity contribution in [1.29, 1.82) is 0 Å². The molecule has 0 spiro atoms. The molecule has 42 heavy (non-hydrogen) atoms. The fraction of sp³-hybridized carbons (Fsp3) is 0.333. The predicted molar refractivity (Wildman–Crippen MR) is 155 cm³/mol. The highest BCUT2D eigenvalue weighted by Crippen LogP contribution is 2.32. The molecule has 0 saturated heterocycles. The van der Waals surface area contributed by atoms with Crippen LogP contribution in [0.15, 0.2) is 71.6 Å². The minimum atomic E-state index is -4.46. The van der Waals surface area contributed by atoms with Crippen molar-refractivity contribution in [3.05, 3.63) is 83.9 Å². The third kappa shape index (κ3) is 7.75. The van der Waals surface area contributed by atoms with E-state index in [1.54, 1.807) is 26.8 Å². The van der Waals surface area contributed by atoms with Crippen molar-refractivity contribution in [2.75, 3.05) is 25.1 Å². The molecular formula is C30H35F2N3O6S. The molecule has 2 amide bonds. The predicted octanol–water partition coefficient (Wildman–Crippen LogP) is 4.51. The number of ether oxygens (including phenoxy) is 2. The van der Waals surface area contributed by atoms with Gasteiger partial charge in [0.25, 0.3) is 10.0 Å². The lowest BCUT2D eigenvalue weighted by atomic mass is 10.1. The Bertz CT molecular complexity index is 1520. The van der Waals surface area contributed by atoms with Crippen molar-refractivity contribution in [3.63, 3.8) is 0 Å². The molecule has 0 aliphatic rings. The SMILES string of the molecule is COc1ccc(S(=O)(=O)N(CC(=O)N(Cc2ccccc2F)[C@@H](C)C(=O)NC(C)(C)C)c2ccc(F)cc2)cc1OC. The van der Waals surface area contributed by atoms with Gasteiger partial charge in [0.05, 0.1) is 24.8 Å². The zero-order valence-corrected chi connectivity index (χ0v) is 25.2. The molecule has 3 rings (SSSR count). The molecule has 0 heterocycles. The Balaban J connectivity index is 2.09. The van der Waals surface area contributed by atoms with Gasteiger partial charge in [0.15, 0.2) is 11.5 Å². The van der Waals surface area contributed by atoms with Gasteiger partial charge in [0, 0.05) is 23.7 Å². The van der Waals surface area contributed by atoms with Gasteiger partial charge in [0.2, 0.25) is 11.8 Å². The maximum Gasteiger partial charge on any atom is 0.264 e. The lowest BCUT2D eigenvalue weighted by molar-refractivity contribution is -0.140. The Morgan fingerprint density at radius 1 is 0.929 bits per heavy atom. The third-order valence-corrected chi connectivity index (χ3v) is 8.07. The average Bonchev–Trinajstić information content (AvgIpc) is 2.94. The largest absolute Gasteiger partial charge is 0.493 e. The number of nitrogens with one attached hydrogen (secondary N) is 1. The van der Waals surface area contributed by atoms with E-state index in [0.717, 1.165) is 21.3 Å². The molecule has 0 aliphatic heterocycles. The van der Waals surface area contributed by atoms with Crippen molar-refractivity contribution in [2.24, 2.45) is 0 Å². The summed E-state index contributed by atoms with van der Waals surface area (Å²) in [6, 6.07) is 13.2. The number of halogens is 2. The van der Waals surface area contributed by atoms with Crippen LogP contribution in [0.4, 0.5) is 14.5 Å². The molecule has 0 aromatic heterocycles. The summed E-state index contributed by atoms with van der Waals surface area (Å²) in [4.78, 5) is 27.9. The van der Waals surface area contributed by atoms with Crippen LogP contribution >= 0.6 is 0 Å². The summed E-state index contributed by atoms with van der Waals surface area (Å²) >= 11 is 0. The number of rotatable bonds is 11. The monoisotopic (exact) mass is 603 g/mol. The van der Waals surface area contributed by atoms with E-state index in [-0.39, 0.29) is 34.2 Å². The second-order valence-corrected chi connectivity index (χ2v) is 12.4. The average molecular weight is 604 g/mol. The maximum absolute atomic E-state index is 14.7. The minimum Gasteiger partial charge on any atom is -0.493 e. The molecule has 0 fully saturated rings. The summed E-state index contributed by atoms with van der Waals surface area (Å²) in [6.07, 6.45) is 0. The highest BCUT2D eigenvalue weighted by atomic mass is 32.2. The Morgan fingerprint density at radius 3 is 2.12 bits per heavy atom. The molecule has 0 radical (unpaired) electrons. The van der Waals surface area contributed by atoms with Gasteiger partial charge in [-0.3, -0.25) is 13.9 Å². The van der Waals surface area contributed by atoms with E-state index in [1.165, 1.54) is 69.7 Å². The van der Waals surface area contributed by atoms with Crippen LogP contribution in [0.5, 0.6) is 11.5 Å². The molecule has 0 saturated carbocycles. The van der Waals surface area contributed by atoms with Gasteiger partial charge in [-0.2, -0.15) is 0 Å². The van der Waals surface area contributed by atoms with E-state index in [1.807, 2.05) is 0 Å². The van der Waals surface area contributed by atoms with Crippen LogP contribution in [-0.4, -0.2) is 57.5 Å². The van der Waals surface area contributed by atoms with Gasteiger partial charge < -0.3 is 19.7 Å². The fourth-order valence-corrected chi connectivity index (χ4v) is 5.54. The number of carbonyl (C=O) groups is 2. The summed E-state index contributed by atoms with van der Waals surface area (Å²) in [6.45, 7) is 5.71. The van der Waals surface area contributed by atoms with Crippen LogP contribution in [0, 0.1) is 11.6 Å². The van der Waals surface area contributed by atoms with Gasteiger partial charge in [-0.05, 0) is 70.2 Å². The van der Waals surface area contributed by atoms with Crippen LogP contribution in [0.25, 0.3) is 0 Å². The number of carbonyl (C=O) groups excluding carboxylic acids is 2. The van der Waals surface area contributed by atoms with Gasteiger partial charge >= 0.3 is 0 Å². The zero-order chi connectivity index (χ0) is 31.2. The summed E-state index contributed by atoms with van der Waals surface area (Å²) in [7, 11) is -1.71. The summed E-state index contributed by atoms with van der Waals surface area (Å²) in [5.41, 5.74) is -0.496. The second kappa shape index (κ2) is 13.2. The topological polar surface area (TPSA) is 105 Å². The zero-order valence-electron chi connectivity index (χ0n) is 24.4. The van der Waals surface area contributed by atoms with E-state index < -0.39 is 51.6 Å². The molecule has 9 nitrogen and oxygen atoms in total. The number of anilines is 1. The van der Waals surface area contributed by atoms with Crippen molar-refractivity contribution in [2.45, 2.75) is 50.7 Å². The molecule has 3 aromatic rings. The maximum atomic E-state index is 14.7. The van der Waals surface area contributed by atoms with Crippen molar-refractivity contribution >= 4 is 27.5 Å². The molecule has 0 bridgehead atoms. The Kier molecular flexibility index (Phi) is 10.2. The molecule has 1 N–H and O–H groups in total. The van der Waals surface area contributed by atoms with Crippen molar-refractivity contribution in [1.82, 2.24) is 10.2 Å². The molecule has 3 aromatic carbocycles. The molecule has 12 heteroatoms. The lowest BCUT2D eigenvalue weighted by Gasteiger charge is -2.33. The summed E-state index contributed by atoms with van der Waals surface area (Å²) in [5.74, 6) is -2.08. The third-order valence-electron chi connectivity index (χ3n) is 6.30. The quantitative estimate of drug-likeness (QED) is 0.346. The first-order valence-corrected chi connectivity index (χ1v) is 14.5. The van der Waals surface area contributed by atoms with Crippen LogP contribution < -0.4 is 19.1 Å². The number of methoxy groups -OCH3 is 2. The first kappa shape index (κ1) is 32.3.